The molecule has 24 heavy (non-hydrogen) atoms. The normalized spacial score (nSPS) is 17.9. The molecule has 7 heteroatoms. The lowest BCUT2D eigenvalue weighted by Gasteiger charge is -2.31. The van der Waals surface area contributed by atoms with Crippen molar-refractivity contribution >= 4 is 11.9 Å². The van der Waals surface area contributed by atoms with Crippen LogP contribution < -0.4 is 4.90 Å². The van der Waals surface area contributed by atoms with Gasteiger partial charge in [-0.05, 0) is 48.0 Å². The molecule has 1 unspecified atom stereocenters. The first-order chi connectivity index (χ1) is 11.6. The highest BCUT2D eigenvalue weighted by Gasteiger charge is 2.24. The molecule has 0 radical (unpaired) electrons. The van der Waals surface area contributed by atoms with Gasteiger partial charge in [-0.25, -0.2) is 4.39 Å². The van der Waals surface area contributed by atoms with Crippen molar-refractivity contribution in [3.05, 3.63) is 41.5 Å². The molecule has 0 saturated carbocycles. The topological polar surface area (TPSA) is 79.5 Å². The van der Waals surface area contributed by atoms with Gasteiger partial charge in [-0.3, -0.25) is 4.79 Å². The number of hydrogen-bond donors (Lipinski definition) is 1. The van der Waals surface area contributed by atoms with Gasteiger partial charge < -0.3 is 14.5 Å². The third-order valence-corrected chi connectivity index (χ3v) is 4.29. The van der Waals surface area contributed by atoms with Gasteiger partial charge in [0.15, 0.2) is 0 Å². The Morgan fingerprint density at radius 1 is 1.38 bits per heavy atom. The van der Waals surface area contributed by atoms with E-state index in [1.54, 1.807) is 12.1 Å². The lowest BCUT2D eigenvalue weighted by Crippen LogP contribution is -2.36. The molecule has 3 rings (SSSR count). The Labute approximate surface area is 139 Å². The number of piperidine rings is 1. The number of anilines is 1. The fourth-order valence-corrected chi connectivity index (χ4v) is 3.03. The van der Waals surface area contributed by atoms with Crippen LogP contribution in [0.4, 0.5) is 10.3 Å². The summed E-state index contributed by atoms with van der Waals surface area (Å²) < 4.78 is 18.2. The van der Waals surface area contributed by atoms with E-state index in [2.05, 4.69) is 10.1 Å². The lowest BCUT2D eigenvalue weighted by molar-refractivity contribution is -0.137. The molecule has 1 aliphatic rings. The molecule has 1 aromatic carbocycles. The van der Waals surface area contributed by atoms with E-state index >= 15 is 0 Å². The summed E-state index contributed by atoms with van der Waals surface area (Å²) in [5.41, 5.74) is 0.907. The van der Waals surface area contributed by atoms with Gasteiger partial charge in [0, 0.05) is 19.5 Å². The highest BCUT2D eigenvalue weighted by atomic mass is 19.1. The maximum atomic E-state index is 12.9. The molecule has 6 nitrogen and oxygen atoms in total. The second-order valence-electron chi connectivity index (χ2n) is 6.18. The Morgan fingerprint density at radius 2 is 2.17 bits per heavy atom. The van der Waals surface area contributed by atoms with E-state index < -0.39 is 5.97 Å². The Balaban J connectivity index is 1.60. The van der Waals surface area contributed by atoms with E-state index in [9.17, 15) is 9.18 Å². The van der Waals surface area contributed by atoms with Crippen molar-refractivity contribution in [2.45, 2.75) is 32.1 Å². The molecular weight excluding hydrogens is 313 g/mol. The van der Waals surface area contributed by atoms with Crippen LogP contribution in [0.5, 0.6) is 0 Å². The van der Waals surface area contributed by atoms with Gasteiger partial charge in [0.25, 0.3) is 5.95 Å². The minimum Gasteiger partial charge on any atom is -0.481 e. The number of carboxylic acid groups (broad SMARTS) is 1. The maximum absolute atomic E-state index is 12.9. The van der Waals surface area contributed by atoms with E-state index in [0.29, 0.717) is 30.6 Å². The fourth-order valence-electron chi connectivity index (χ4n) is 3.03. The Morgan fingerprint density at radius 3 is 2.92 bits per heavy atom. The number of benzene rings is 1. The van der Waals surface area contributed by atoms with Gasteiger partial charge in [0.1, 0.15) is 5.82 Å². The summed E-state index contributed by atoms with van der Waals surface area (Å²) >= 11 is 0. The number of halogens is 1. The van der Waals surface area contributed by atoms with Crippen molar-refractivity contribution in [3.63, 3.8) is 0 Å². The quantitative estimate of drug-likeness (QED) is 0.875. The third-order valence-electron chi connectivity index (χ3n) is 4.29. The SMILES string of the molecule is O=C(O)CCC1CCCN(c2noc(Cc3ccc(F)cc3)n2)C1. The molecule has 1 saturated heterocycles. The standard InChI is InChI=1S/C17H20FN3O3/c18-14-6-3-12(4-7-14)10-15-19-17(20-24-15)21-9-1-2-13(11-21)5-8-16(22)23/h3-4,6-7,13H,1-2,5,8-11H2,(H,22,23). The van der Waals surface area contributed by atoms with Gasteiger partial charge in [0.05, 0.1) is 6.42 Å². The van der Waals surface area contributed by atoms with E-state index in [-0.39, 0.29) is 12.2 Å². The molecule has 128 valence electrons. The van der Waals surface area contributed by atoms with Gasteiger partial charge in [0.2, 0.25) is 5.89 Å². The van der Waals surface area contributed by atoms with Crippen LogP contribution in [0.15, 0.2) is 28.8 Å². The van der Waals surface area contributed by atoms with Crippen LogP contribution in [0.3, 0.4) is 0 Å². The predicted molar refractivity (Wildman–Crippen MR) is 85.3 cm³/mol. The average molecular weight is 333 g/mol. The van der Waals surface area contributed by atoms with Crippen LogP contribution in [-0.2, 0) is 11.2 Å². The van der Waals surface area contributed by atoms with Crippen LogP contribution in [0.25, 0.3) is 0 Å². The maximum Gasteiger partial charge on any atom is 0.303 e. The summed E-state index contributed by atoms with van der Waals surface area (Å²) in [7, 11) is 0. The zero-order valence-electron chi connectivity index (χ0n) is 13.3. The molecule has 0 aliphatic carbocycles. The average Bonchev–Trinajstić information content (AvgIpc) is 3.04. The van der Waals surface area contributed by atoms with Crippen LogP contribution in [0.2, 0.25) is 0 Å². The van der Waals surface area contributed by atoms with E-state index in [0.717, 1.165) is 31.5 Å². The molecule has 2 aromatic rings. The second-order valence-corrected chi connectivity index (χ2v) is 6.18. The first-order valence-electron chi connectivity index (χ1n) is 8.14. The van der Waals surface area contributed by atoms with Crippen LogP contribution in [0.1, 0.15) is 37.1 Å². The van der Waals surface area contributed by atoms with E-state index in [1.165, 1.54) is 12.1 Å². The molecule has 0 bridgehead atoms. The van der Waals surface area contributed by atoms with Crippen molar-refractivity contribution in [1.82, 2.24) is 10.1 Å². The molecule has 1 fully saturated rings. The van der Waals surface area contributed by atoms with Gasteiger partial charge >= 0.3 is 5.97 Å². The predicted octanol–water partition coefficient (Wildman–Crippen LogP) is 2.88. The van der Waals surface area contributed by atoms with Crippen LogP contribution in [0, 0.1) is 11.7 Å². The van der Waals surface area contributed by atoms with E-state index in [1.807, 2.05) is 4.90 Å². The fraction of sp³-hybridized carbons (Fsp3) is 0.471. The molecule has 2 heterocycles. The molecular formula is C17H20FN3O3. The Hall–Kier alpha value is -2.44. The van der Waals surface area contributed by atoms with Crippen LogP contribution in [-0.4, -0.2) is 34.3 Å². The Kier molecular flexibility index (Phi) is 5.08. The molecule has 1 N–H and O–H groups in total. The summed E-state index contributed by atoms with van der Waals surface area (Å²) in [6, 6.07) is 6.21. The van der Waals surface area contributed by atoms with Crippen molar-refractivity contribution in [2.75, 3.05) is 18.0 Å². The van der Waals surface area contributed by atoms with Gasteiger partial charge in [-0.1, -0.05) is 12.1 Å². The van der Waals surface area contributed by atoms with Crippen molar-refractivity contribution < 1.29 is 18.8 Å². The number of carbonyl (C=O) groups is 1. The highest BCUT2D eigenvalue weighted by molar-refractivity contribution is 5.66. The largest absolute Gasteiger partial charge is 0.481 e. The molecule has 1 aliphatic heterocycles. The number of nitrogens with zero attached hydrogens (tertiary/aromatic N) is 3. The number of carboxylic acids is 1. The van der Waals surface area contributed by atoms with Gasteiger partial charge in [-0.15, -0.1) is 0 Å². The number of hydrogen-bond acceptors (Lipinski definition) is 5. The Bertz CT molecular complexity index is 687. The highest BCUT2D eigenvalue weighted by Crippen LogP contribution is 2.24. The first kappa shape index (κ1) is 16.4. The molecule has 0 spiro atoms. The molecule has 0 amide bonds. The van der Waals surface area contributed by atoms with Crippen LogP contribution >= 0.6 is 0 Å². The monoisotopic (exact) mass is 333 g/mol. The van der Waals surface area contributed by atoms with E-state index in [4.69, 9.17) is 9.63 Å². The summed E-state index contributed by atoms with van der Waals surface area (Å²) in [5, 5.41) is 12.8. The number of aromatic nitrogens is 2. The number of rotatable bonds is 6. The summed E-state index contributed by atoms with van der Waals surface area (Å²) in [6.07, 6.45) is 3.35. The van der Waals surface area contributed by atoms with Crippen molar-refractivity contribution in [2.24, 2.45) is 5.92 Å². The molecule has 1 aromatic heterocycles. The second kappa shape index (κ2) is 7.42. The zero-order valence-corrected chi connectivity index (χ0v) is 13.3. The zero-order chi connectivity index (χ0) is 16.9. The van der Waals surface area contributed by atoms with Crippen molar-refractivity contribution in [3.8, 4) is 0 Å². The lowest BCUT2D eigenvalue weighted by atomic mass is 9.93. The smallest absolute Gasteiger partial charge is 0.303 e. The van der Waals surface area contributed by atoms with Gasteiger partial charge in [-0.2, -0.15) is 4.98 Å². The first-order valence-corrected chi connectivity index (χ1v) is 8.14. The van der Waals surface area contributed by atoms with Crippen molar-refractivity contribution in [1.29, 1.82) is 0 Å². The summed E-state index contributed by atoms with van der Waals surface area (Å²) in [6.45, 7) is 1.60. The number of aliphatic carboxylic acids is 1. The summed E-state index contributed by atoms with van der Waals surface area (Å²) in [4.78, 5) is 17.2. The molecule has 1 atom stereocenters. The minimum absolute atomic E-state index is 0.195. The third kappa shape index (κ3) is 4.31. The minimum atomic E-state index is -0.756. The summed E-state index contributed by atoms with van der Waals surface area (Å²) in [5.74, 6) is 0.351.